The van der Waals surface area contributed by atoms with E-state index in [1.54, 1.807) is 19.2 Å². The lowest BCUT2D eigenvalue weighted by molar-refractivity contribution is -0.170. The van der Waals surface area contributed by atoms with E-state index in [0.717, 1.165) is 12.0 Å². The van der Waals surface area contributed by atoms with Crippen molar-refractivity contribution in [2.24, 2.45) is 5.92 Å². The molecule has 5 atom stereocenters. The van der Waals surface area contributed by atoms with Crippen LogP contribution in [0.15, 0.2) is 39.7 Å². The summed E-state index contributed by atoms with van der Waals surface area (Å²) in [5.41, 5.74) is 5.33. The zero-order valence-electron chi connectivity index (χ0n) is 23.9. The van der Waals surface area contributed by atoms with Gasteiger partial charge >= 0.3 is 5.97 Å². The Hall–Kier alpha value is -3.63. The molecular weight excluding hydrogens is 526 g/mol. The van der Waals surface area contributed by atoms with Gasteiger partial charge in [0, 0.05) is 29.8 Å². The number of hydrogen-bond donors (Lipinski definition) is 3. The minimum atomic E-state index is -1.03. The van der Waals surface area contributed by atoms with E-state index in [2.05, 4.69) is 10.3 Å². The highest BCUT2D eigenvalue weighted by atomic mass is 16.7. The molecule has 10 nitrogen and oxygen atoms in total. The third-order valence-corrected chi connectivity index (χ3v) is 8.85. The van der Waals surface area contributed by atoms with E-state index in [9.17, 15) is 14.7 Å². The number of ether oxygens (including phenoxy) is 3. The Morgan fingerprint density at radius 3 is 2.78 bits per heavy atom. The van der Waals surface area contributed by atoms with Gasteiger partial charge in [0.1, 0.15) is 45.8 Å². The third-order valence-electron chi connectivity index (χ3n) is 8.85. The molecule has 0 unspecified atom stereocenters. The maximum absolute atomic E-state index is 13.9. The number of aryl methyl sites for hydroxylation is 2. The quantitative estimate of drug-likeness (QED) is 0.309. The van der Waals surface area contributed by atoms with Crippen molar-refractivity contribution in [1.29, 1.82) is 0 Å². The van der Waals surface area contributed by atoms with Crippen LogP contribution in [0.3, 0.4) is 0 Å². The van der Waals surface area contributed by atoms with Gasteiger partial charge < -0.3 is 34.8 Å². The maximum Gasteiger partial charge on any atom is 0.341 e. The second kappa shape index (κ2) is 10.0. The molecule has 1 spiro atoms. The van der Waals surface area contributed by atoms with Gasteiger partial charge in [0.2, 0.25) is 0 Å². The number of carbonyl (C=O) groups excluding carboxylic acids is 1. The smallest absolute Gasteiger partial charge is 0.341 e. The number of fused-ring (bicyclic) bond motifs is 4. The maximum atomic E-state index is 13.9. The lowest BCUT2D eigenvalue weighted by Crippen LogP contribution is -2.52. The van der Waals surface area contributed by atoms with Gasteiger partial charge in [-0.25, -0.2) is 9.78 Å². The summed E-state index contributed by atoms with van der Waals surface area (Å²) in [6, 6.07) is 6.78. The van der Waals surface area contributed by atoms with Crippen LogP contribution in [0.25, 0.3) is 11.0 Å². The lowest BCUT2D eigenvalue weighted by atomic mass is 9.75. The molecule has 3 aromatic rings. The van der Waals surface area contributed by atoms with E-state index in [-0.39, 0.29) is 34.2 Å². The average Bonchev–Trinajstić information content (AvgIpc) is 3.60. The highest BCUT2D eigenvalue weighted by molar-refractivity contribution is 5.88. The molecule has 10 heteroatoms. The summed E-state index contributed by atoms with van der Waals surface area (Å²) in [7, 11) is 1.90. The molecule has 3 aliphatic rings. The molecule has 0 aliphatic carbocycles. The van der Waals surface area contributed by atoms with Crippen LogP contribution in [-0.4, -0.2) is 53.1 Å². The normalized spacial score (nSPS) is 28.5. The summed E-state index contributed by atoms with van der Waals surface area (Å²) in [4.78, 5) is 30.9. The van der Waals surface area contributed by atoms with E-state index in [0.29, 0.717) is 55.1 Å². The Morgan fingerprint density at radius 1 is 1.22 bits per heavy atom. The third kappa shape index (κ3) is 4.82. The van der Waals surface area contributed by atoms with Gasteiger partial charge in [0.05, 0.1) is 6.10 Å². The van der Waals surface area contributed by atoms with E-state index < -0.39 is 29.2 Å². The number of phenols is 1. The van der Waals surface area contributed by atoms with Gasteiger partial charge in [-0.1, -0.05) is 0 Å². The van der Waals surface area contributed by atoms with Crippen LogP contribution < -0.4 is 21.2 Å². The number of anilines is 1. The first-order valence-electron chi connectivity index (χ1n) is 14.3. The number of aromatic hydroxyl groups is 1. The number of epoxide rings is 1. The van der Waals surface area contributed by atoms with Gasteiger partial charge in [0.25, 0.3) is 0 Å². The molecule has 4 N–H and O–H groups in total. The predicted octanol–water partition coefficient (Wildman–Crippen LogP) is 3.74. The van der Waals surface area contributed by atoms with E-state index >= 15 is 0 Å². The number of nitrogens with two attached hydrogens (primary N) is 1. The fraction of sp³-hybridized carbons (Fsp3) is 0.516. The second-order valence-corrected chi connectivity index (χ2v) is 12.2. The summed E-state index contributed by atoms with van der Waals surface area (Å²) < 4.78 is 24.7. The molecule has 5 heterocycles. The molecule has 0 bridgehead atoms. The topological polar surface area (TPSA) is 149 Å². The standard InChI is InChI=1S/C31H37N3O7/c1-16-11-20(35)26-21(38-16)14-22-25(27(26)36)19-12-18(15-33-4)7-9-31(29(37)39-28(19)30(2,3)40-22)23(41-31)6-5-17-8-10-34-24(32)13-17/h8,10-11,13-14,18-19,23,28,33,36H,5-7,9,12,15H2,1-4H3,(H2,32,34)/t18-,19+,23-,28-,31+/m1/s1. The number of benzene rings is 1. The van der Waals surface area contributed by atoms with Crippen LogP contribution in [0.4, 0.5) is 5.82 Å². The number of rotatable bonds is 5. The van der Waals surface area contributed by atoms with Crippen LogP contribution in [0.1, 0.15) is 62.3 Å². The van der Waals surface area contributed by atoms with Crippen LogP contribution in [-0.2, 0) is 20.7 Å². The average molecular weight is 564 g/mol. The lowest BCUT2D eigenvalue weighted by Gasteiger charge is -2.45. The SMILES string of the molecule is CNC[C@@H]1CC[C@@]2(O[C@@H]2CCc2ccnc(N)c2)C(=O)O[C@@H]2[C@@H](C1)c1c(cc3oc(C)cc(=O)c3c1O)OC2(C)C. The predicted molar refractivity (Wildman–Crippen MR) is 152 cm³/mol. The van der Waals surface area contributed by atoms with Gasteiger partial charge in [-0.15, -0.1) is 0 Å². The molecule has 0 saturated carbocycles. The number of nitrogens with one attached hydrogen (secondary N) is 1. The first-order valence-corrected chi connectivity index (χ1v) is 14.3. The molecule has 0 radical (unpaired) electrons. The first kappa shape index (κ1) is 27.5. The summed E-state index contributed by atoms with van der Waals surface area (Å²) in [6.45, 7) is 6.16. The number of esters is 1. The highest BCUT2D eigenvalue weighted by Crippen LogP contribution is 2.54. The van der Waals surface area contributed by atoms with Crippen LogP contribution in [0, 0.1) is 12.8 Å². The Morgan fingerprint density at radius 2 is 2.02 bits per heavy atom. The summed E-state index contributed by atoms with van der Waals surface area (Å²) in [5.74, 6) is 0.482. The van der Waals surface area contributed by atoms with Gasteiger partial charge in [0.15, 0.2) is 11.0 Å². The number of nitrogen functional groups attached to an aromatic ring is 1. The van der Waals surface area contributed by atoms with Crippen molar-refractivity contribution in [3.05, 3.63) is 57.6 Å². The minimum Gasteiger partial charge on any atom is -0.507 e. The number of aromatic nitrogens is 1. The molecular formula is C31H37N3O7. The number of carbonyl (C=O) groups is 1. The summed E-state index contributed by atoms with van der Waals surface area (Å²) in [5, 5.41) is 14.9. The van der Waals surface area contributed by atoms with Gasteiger partial charge in [-0.3, -0.25) is 4.79 Å². The van der Waals surface area contributed by atoms with Crippen molar-refractivity contribution in [2.45, 2.75) is 82.2 Å². The number of pyridine rings is 1. The van der Waals surface area contributed by atoms with Crippen molar-refractivity contribution in [3.8, 4) is 11.5 Å². The van der Waals surface area contributed by atoms with Crippen LogP contribution in [0.2, 0.25) is 0 Å². The number of phenolic OH excluding ortho intramolecular Hbond substituents is 1. The fourth-order valence-corrected chi connectivity index (χ4v) is 6.85. The zero-order valence-corrected chi connectivity index (χ0v) is 23.9. The Bertz CT molecular complexity index is 1570. The zero-order chi connectivity index (χ0) is 29.1. The van der Waals surface area contributed by atoms with E-state index in [1.165, 1.54) is 6.07 Å². The fourth-order valence-electron chi connectivity index (χ4n) is 6.85. The van der Waals surface area contributed by atoms with Crippen LogP contribution >= 0.6 is 0 Å². The molecule has 3 aliphatic heterocycles. The molecule has 2 saturated heterocycles. The van der Waals surface area contributed by atoms with Gasteiger partial charge in [-0.05, 0) is 90.1 Å². The van der Waals surface area contributed by atoms with E-state index in [1.807, 2.05) is 33.0 Å². The van der Waals surface area contributed by atoms with Crippen molar-refractivity contribution < 1.29 is 28.5 Å². The Balaban J connectivity index is 1.36. The van der Waals surface area contributed by atoms with Gasteiger partial charge in [-0.2, -0.15) is 0 Å². The summed E-state index contributed by atoms with van der Waals surface area (Å²) in [6.07, 6.45) is 3.90. The second-order valence-electron chi connectivity index (χ2n) is 12.2. The monoisotopic (exact) mass is 563 g/mol. The largest absolute Gasteiger partial charge is 0.507 e. The first-order chi connectivity index (χ1) is 19.5. The molecule has 2 fully saturated rings. The highest BCUT2D eigenvalue weighted by Gasteiger charge is 2.65. The molecule has 6 rings (SSSR count). The summed E-state index contributed by atoms with van der Waals surface area (Å²) >= 11 is 0. The van der Waals surface area contributed by atoms with E-state index in [4.69, 9.17) is 24.4 Å². The molecule has 0 amide bonds. The molecule has 218 valence electrons. The van der Waals surface area contributed by atoms with Crippen molar-refractivity contribution in [1.82, 2.24) is 10.3 Å². The molecule has 1 aromatic carbocycles. The Kier molecular flexibility index (Phi) is 6.73. The number of hydrogen-bond acceptors (Lipinski definition) is 10. The van der Waals surface area contributed by atoms with Crippen molar-refractivity contribution >= 4 is 22.8 Å². The minimum absolute atomic E-state index is 0.103. The molecule has 41 heavy (non-hydrogen) atoms. The Labute approximate surface area is 238 Å². The van der Waals surface area contributed by atoms with Crippen molar-refractivity contribution in [2.75, 3.05) is 19.3 Å². The van der Waals surface area contributed by atoms with Crippen molar-refractivity contribution in [3.63, 3.8) is 0 Å². The molecule has 2 aromatic heterocycles. The number of nitrogens with zero attached hydrogens (tertiary/aromatic N) is 1. The van der Waals surface area contributed by atoms with Crippen LogP contribution in [0.5, 0.6) is 11.5 Å².